The van der Waals surface area contributed by atoms with Crippen LogP contribution in [0, 0.1) is 0 Å². The predicted octanol–water partition coefficient (Wildman–Crippen LogP) is 1.75. The van der Waals surface area contributed by atoms with Crippen LogP contribution in [0.1, 0.15) is 0 Å². The van der Waals surface area contributed by atoms with Gasteiger partial charge in [0.2, 0.25) is 0 Å². The third kappa shape index (κ3) is 5.04. The molecule has 0 saturated heterocycles. The standard InChI is InChI=1S/C10H14ClNO2S/c11-6-8-15(13,14)9-7-12-10-4-2-1-3-5-10/h1-5,12H,6-9H2. The Hall–Kier alpha value is -0.740. The molecule has 0 atom stereocenters. The molecule has 0 aliphatic heterocycles. The number of rotatable bonds is 6. The molecular weight excluding hydrogens is 234 g/mol. The Kier molecular flexibility index (Phi) is 4.91. The Bertz CT molecular complexity index is 378. The summed E-state index contributed by atoms with van der Waals surface area (Å²) < 4.78 is 22.6. The molecular formula is C10H14ClNO2S. The average Bonchev–Trinajstić information content (AvgIpc) is 2.19. The molecule has 0 spiro atoms. The zero-order valence-corrected chi connectivity index (χ0v) is 9.89. The molecule has 0 radical (unpaired) electrons. The fourth-order valence-corrected chi connectivity index (χ4v) is 2.68. The molecule has 0 saturated carbocycles. The number of sulfone groups is 1. The van der Waals surface area contributed by atoms with E-state index in [0.29, 0.717) is 6.54 Å². The summed E-state index contributed by atoms with van der Waals surface area (Å²) in [6.07, 6.45) is 0. The van der Waals surface area contributed by atoms with E-state index >= 15 is 0 Å². The minimum absolute atomic E-state index is 0.0467. The monoisotopic (exact) mass is 247 g/mol. The number of hydrogen-bond donors (Lipinski definition) is 1. The van der Waals surface area contributed by atoms with E-state index in [1.165, 1.54) is 0 Å². The molecule has 0 unspecified atom stereocenters. The topological polar surface area (TPSA) is 46.2 Å². The molecule has 1 rings (SSSR count). The summed E-state index contributed by atoms with van der Waals surface area (Å²) in [5, 5.41) is 3.04. The van der Waals surface area contributed by atoms with E-state index in [9.17, 15) is 8.42 Å². The number of anilines is 1. The maximum atomic E-state index is 11.3. The second-order valence-corrected chi connectivity index (χ2v) is 5.82. The van der Waals surface area contributed by atoms with Crippen LogP contribution in [-0.2, 0) is 9.84 Å². The summed E-state index contributed by atoms with van der Waals surface area (Å²) >= 11 is 5.38. The lowest BCUT2D eigenvalue weighted by Crippen LogP contribution is -2.19. The summed E-state index contributed by atoms with van der Waals surface area (Å²) in [4.78, 5) is 0. The van der Waals surface area contributed by atoms with E-state index in [1.807, 2.05) is 30.3 Å². The molecule has 0 aliphatic rings. The summed E-state index contributed by atoms with van der Waals surface area (Å²) in [7, 11) is -3.00. The number of nitrogens with one attached hydrogen (secondary N) is 1. The van der Waals surface area contributed by atoms with E-state index in [1.54, 1.807) is 0 Å². The minimum Gasteiger partial charge on any atom is -0.384 e. The van der Waals surface area contributed by atoms with Crippen LogP contribution >= 0.6 is 11.6 Å². The minimum atomic E-state index is -3.00. The van der Waals surface area contributed by atoms with Crippen LogP contribution in [0.5, 0.6) is 0 Å². The van der Waals surface area contributed by atoms with Gasteiger partial charge in [0.15, 0.2) is 9.84 Å². The van der Waals surface area contributed by atoms with E-state index in [2.05, 4.69) is 5.32 Å². The zero-order chi connectivity index (χ0) is 11.1. The van der Waals surface area contributed by atoms with Gasteiger partial charge in [0, 0.05) is 18.1 Å². The van der Waals surface area contributed by atoms with Crippen molar-refractivity contribution in [3.05, 3.63) is 30.3 Å². The van der Waals surface area contributed by atoms with Crippen molar-refractivity contribution < 1.29 is 8.42 Å². The molecule has 15 heavy (non-hydrogen) atoms. The van der Waals surface area contributed by atoms with Crippen molar-refractivity contribution in [1.82, 2.24) is 0 Å². The molecule has 3 nitrogen and oxygen atoms in total. The normalized spacial score (nSPS) is 11.3. The van der Waals surface area contributed by atoms with Crippen molar-refractivity contribution in [2.24, 2.45) is 0 Å². The Morgan fingerprint density at radius 1 is 1.13 bits per heavy atom. The van der Waals surface area contributed by atoms with Crippen LogP contribution in [0.3, 0.4) is 0 Å². The summed E-state index contributed by atoms with van der Waals surface area (Å²) in [5.74, 6) is 0.327. The van der Waals surface area contributed by atoms with Gasteiger partial charge in [-0.15, -0.1) is 11.6 Å². The highest BCUT2D eigenvalue weighted by atomic mass is 35.5. The molecule has 1 aromatic rings. The smallest absolute Gasteiger partial charge is 0.153 e. The molecule has 1 N–H and O–H groups in total. The zero-order valence-electron chi connectivity index (χ0n) is 8.32. The van der Waals surface area contributed by atoms with Gasteiger partial charge in [-0.1, -0.05) is 18.2 Å². The van der Waals surface area contributed by atoms with E-state index in [-0.39, 0.29) is 17.4 Å². The highest BCUT2D eigenvalue weighted by molar-refractivity contribution is 7.91. The third-order valence-corrected chi connectivity index (χ3v) is 3.97. The van der Waals surface area contributed by atoms with Crippen molar-refractivity contribution in [3.63, 3.8) is 0 Å². The van der Waals surface area contributed by atoms with Crippen LogP contribution in [0.4, 0.5) is 5.69 Å². The van der Waals surface area contributed by atoms with Crippen molar-refractivity contribution in [2.45, 2.75) is 0 Å². The molecule has 5 heteroatoms. The lowest BCUT2D eigenvalue weighted by atomic mass is 10.3. The maximum absolute atomic E-state index is 11.3. The molecule has 0 aliphatic carbocycles. The second-order valence-electron chi connectivity index (χ2n) is 3.13. The van der Waals surface area contributed by atoms with Gasteiger partial charge in [-0.3, -0.25) is 0 Å². The number of alkyl halides is 1. The van der Waals surface area contributed by atoms with Crippen LogP contribution in [-0.4, -0.2) is 32.3 Å². The first-order valence-corrected chi connectivity index (χ1v) is 7.05. The Morgan fingerprint density at radius 2 is 1.80 bits per heavy atom. The average molecular weight is 248 g/mol. The van der Waals surface area contributed by atoms with E-state index in [4.69, 9.17) is 11.6 Å². The van der Waals surface area contributed by atoms with Gasteiger partial charge in [0.05, 0.1) is 11.5 Å². The first-order valence-electron chi connectivity index (χ1n) is 4.69. The van der Waals surface area contributed by atoms with Gasteiger partial charge in [0.25, 0.3) is 0 Å². The van der Waals surface area contributed by atoms with Crippen molar-refractivity contribution in [1.29, 1.82) is 0 Å². The van der Waals surface area contributed by atoms with Gasteiger partial charge in [-0.2, -0.15) is 0 Å². The summed E-state index contributed by atoms with van der Waals surface area (Å²) in [5.41, 5.74) is 0.929. The predicted molar refractivity (Wildman–Crippen MR) is 64.3 cm³/mol. The molecule has 1 aromatic carbocycles. The fraction of sp³-hybridized carbons (Fsp3) is 0.400. The highest BCUT2D eigenvalue weighted by Gasteiger charge is 2.08. The van der Waals surface area contributed by atoms with Gasteiger partial charge >= 0.3 is 0 Å². The molecule has 0 aromatic heterocycles. The van der Waals surface area contributed by atoms with Crippen molar-refractivity contribution >= 4 is 27.1 Å². The second kappa shape index (κ2) is 5.98. The molecule has 0 heterocycles. The Balaban J connectivity index is 2.34. The van der Waals surface area contributed by atoms with E-state index < -0.39 is 9.84 Å². The number of benzene rings is 1. The highest BCUT2D eigenvalue weighted by Crippen LogP contribution is 2.04. The first kappa shape index (κ1) is 12.3. The maximum Gasteiger partial charge on any atom is 0.153 e. The number of hydrogen-bond acceptors (Lipinski definition) is 3. The third-order valence-electron chi connectivity index (χ3n) is 1.90. The molecule has 0 bridgehead atoms. The lowest BCUT2D eigenvalue weighted by Gasteiger charge is -2.05. The van der Waals surface area contributed by atoms with Crippen LogP contribution < -0.4 is 5.32 Å². The Labute approximate surface area is 95.4 Å². The van der Waals surface area contributed by atoms with Crippen LogP contribution in [0.15, 0.2) is 30.3 Å². The molecule has 0 amide bonds. The van der Waals surface area contributed by atoms with Gasteiger partial charge in [-0.05, 0) is 12.1 Å². The SMILES string of the molecule is O=S(=O)(CCCl)CCNc1ccccc1. The van der Waals surface area contributed by atoms with Gasteiger partial charge < -0.3 is 5.32 Å². The largest absolute Gasteiger partial charge is 0.384 e. The first-order chi connectivity index (χ1) is 7.14. The summed E-state index contributed by atoms with van der Waals surface area (Å²) in [6, 6.07) is 9.50. The van der Waals surface area contributed by atoms with Crippen LogP contribution in [0.25, 0.3) is 0 Å². The van der Waals surface area contributed by atoms with E-state index in [0.717, 1.165) is 5.69 Å². The number of halogens is 1. The van der Waals surface area contributed by atoms with Gasteiger partial charge in [0.1, 0.15) is 0 Å². The van der Waals surface area contributed by atoms with Gasteiger partial charge in [-0.25, -0.2) is 8.42 Å². The van der Waals surface area contributed by atoms with Crippen molar-refractivity contribution in [2.75, 3.05) is 29.2 Å². The molecule has 0 fully saturated rings. The van der Waals surface area contributed by atoms with Crippen molar-refractivity contribution in [3.8, 4) is 0 Å². The fourth-order valence-electron chi connectivity index (χ4n) is 1.13. The summed E-state index contributed by atoms with van der Waals surface area (Å²) in [6.45, 7) is 0.420. The quantitative estimate of drug-likeness (QED) is 0.779. The lowest BCUT2D eigenvalue weighted by molar-refractivity contribution is 0.598. The Morgan fingerprint density at radius 3 is 2.40 bits per heavy atom. The number of para-hydroxylation sites is 1. The molecule has 84 valence electrons. The van der Waals surface area contributed by atoms with Crippen LogP contribution in [0.2, 0.25) is 0 Å².